The van der Waals surface area contributed by atoms with E-state index < -0.39 is 0 Å². The van der Waals surface area contributed by atoms with Crippen LogP contribution in [0.4, 0.5) is 0 Å². The number of unbranched alkanes of at least 4 members (excludes halogenated alkanes) is 5. The van der Waals surface area contributed by atoms with Crippen molar-refractivity contribution in [3.8, 4) is 0 Å². The molecule has 0 aliphatic heterocycles. The highest BCUT2D eigenvalue weighted by molar-refractivity contribution is 5.87. The topological polar surface area (TPSA) is 57.8 Å². The lowest BCUT2D eigenvalue weighted by molar-refractivity contribution is -0.116. The number of rotatable bonds is 10. The third-order valence-electron chi connectivity index (χ3n) is 3.84. The number of benzene rings is 1. The summed E-state index contributed by atoms with van der Waals surface area (Å²) >= 11 is 0. The van der Waals surface area contributed by atoms with Gasteiger partial charge in [0.2, 0.25) is 5.91 Å². The Hall–Kier alpha value is -2.36. The zero-order chi connectivity index (χ0) is 17.0. The summed E-state index contributed by atoms with van der Waals surface area (Å²) in [6.07, 6.45) is 14.9. The Morgan fingerprint density at radius 2 is 2.00 bits per heavy atom. The summed E-state index contributed by atoms with van der Waals surface area (Å²) in [5, 5.41) is 2.83. The van der Waals surface area contributed by atoms with Crippen molar-refractivity contribution in [1.82, 2.24) is 15.3 Å². The van der Waals surface area contributed by atoms with Crippen LogP contribution in [0.2, 0.25) is 0 Å². The molecule has 0 aliphatic carbocycles. The van der Waals surface area contributed by atoms with Crippen molar-refractivity contribution in [2.45, 2.75) is 52.0 Å². The summed E-state index contributed by atoms with van der Waals surface area (Å²) in [7, 11) is 0. The fourth-order valence-electron chi connectivity index (χ4n) is 2.50. The second-order valence-corrected chi connectivity index (χ2v) is 5.91. The summed E-state index contributed by atoms with van der Waals surface area (Å²) < 4.78 is 0. The predicted molar refractivity (Wildman–Crippen MR) is 99.6 cm³/mol. The zero-order valence-corrected chi connectivity index (χ0v) is 14.4. The van der Waals surface area contributed by atoms with Gasteiger partial charge in [-0.25, -0.2) is 4.98 Å². The molecule has 0 bridgehead atoms. The maximum Gasteiger partial charge on any atom is 0.244 e. The van der Waals surface area contributed by atoms with E-state index in [2.05, 4.69) is 28.3 Å². The van der Waals surface area contributed by atoms with Crippen LogP contribution in [0.15, 0.2) is 48.6 Å². The van der Waals surface area contributed by atoms with E-state index in [9.17, 15) is 4.79 Å². The number of hydrogen-bond acceptors (Lipinski definition) is 2. The van der Waals surface area contributed by atoms with Crippen LogP contribution in [0.3, 0.4) is 0 Å². The first-order chi connectivity index (χ1) is 11.8. The number of nitrogens with one attached hydrogen (secondary N) is 2. The van der Waals surface area contributed by atoms with Crippen LogP contribution in [-0.2, 0) is 11.3 Å². The van der Waals surface area contributed by atoms with E-state index in [1.807, 2.05) is 30.3 Å². The number of nitrogens with zero attached hydrogens (tertiary/aromatic N) is 1. The summed E-state index contributed by atoms with van der Waals surface area (Å²) in [5.74, 6) is 0.656. The standard InChI is InChI=1S/C20H27N3O/c1-2-3-4-5-6-7-8-9-10-15-20(24)21-16-19-22-17-13-11-12-14-18(17)23-19/h8-15H,2-7,16H2,1H3,(H,21,24)(H,22,23)/b9-8+,15-10+. The molecule has 128 valence electrons. The normalized spacial score (nSPS) is 11.7. The quantitative estimate of drug-likeness (QED) is 0.379. The largest absolute Gasteiger partial charge is 0.345 e. The van der Waals surface area contributed by atoms with E-state index in [1.165, 1.54) is 32.1 Å². The highest BCUT2D eigenvalue weighted by Crippen LogP contribution is 2.09. The first-order valence-electron chi connectivity index (χ1n) is 8.84. The Balaban J connectivity index is 1.63. The number of amides is 1. The van der Waals surface area contributed by atoms with Crippen molar-refractivity contribution in [3.63, 3.8) is 0 Å². The summed E-state index contributed by atoms with van der Waals surface area (Å²) in [6.45, 7) is 2.63. The maximum absolute atomic E-state index is 11.8. The van der Waals surface area contributed by atoms with Gasteiger partial charge in [-0.15, -0.1) is 0 Å². The van der Waals surface area contributed by atoms with Crippen LogP contribution < -0.4 is 5.32 Å². The minimum atomic E-state index is -0.108. The SMILES string of the molecule is CCCCCCC/C=C/C=C/C(=O)NCc1nc2ccccc2[nH]1. The van der Waals surface area contributed by atoms with Crippen LogP contribution in [0.1, 0.15) is 51.3 Å². The van der Waals surface area contributed by atoms with Gasteiger partial charge in [-0.3, -0.25) is 4.79 Å². The number of carbonyl (C=O) groups excluding carboxylic acids is 1. The van der Waals surface area contributed by atoms with Gasteiger partial charge in [0.1, 0.15) is 5.82 Å². The molecule has 0 fully saturated rings. The summed E-state index contributed by atoms with van der Waals surface area (Å²) in [6, 6.07) is 7.83. The molecule has 2 rings (SSSR count). The molecule has 0 unspecified atom stereocenters. The Labute approximate surface area is 144 Å². The third kappa shape index (κ3) is 6.41. The van der Waals surface area contributed by atoms with Crippen molar-refractivity contribution in [1.29, 1.82) is 0 Å². The molecule has 2 N–H and O–H groups in total. The van der Waals surface area contributed by atoms with Gasteiger partial charge in [0.25, 0.3) is 0 Å². The van der Waals surface area contributed by atoms with E-state index in [-0.39, 0.29) is 5.91 Å². The number of imidazole rings is 1. The van der Waals surface area contributed by atoms with Gasteiger partial charge >= 0.3 is 0 Å². The molecular formula is C20H27N3O. The second-order valence-electron chi connectivity index (χ2n) is 5.91. The lowest BCUT2D eigenvalue weighted by atomic mass is 10.1. The molecule has 4 nitrogen and oxygen atoms in total. The summed E-state index contributed by atoms with van der Waals surface area (Å²) in [5.41, 5.74) is 1.90. The molecule has 0 saturated heterocycles. The molecule has 0 atom stereocenters. The van der Waals surface area contributed by atoms with Gasteiger partial charge < -0.3 is 10.3 Å². The van der Waals surface area contributed by atoms with E-state index in [4.69, 9.17) is 0 Å². The Bertz CT molecular complexity index is 652. The average molecular weight is 325 g/mol. The second kappa shape index (κ2) is 10.4. The Kier molecular flexibility index (Phi) is 7.81. The van der Waals surface area contributed by atoms with Gasteiger partial charge in [0, 0.05) is 6.08 Å². The molecule has 1 heterocycles. The number of carbonyl (C=O) groups is 1. The smallest absolute Gasteiger partial charge is 0.244 e. The molecule has 2 aromatic rings. The fourth-order valence-corrected chi connectivity index (χ4v) is 2.50. The Morgan fingerprint density at radius 3 is 2.83 bits per heavy atom. The monoisotopic (exact) mass is 325 g/mol. The van der Waals surface area contributed by atoms with Crippen LogP contribution in [0.5, 0.6) is 0 Å². The zero-order valence-electron chi connectivity index (χ0n) is 14.4. The molecule has 0 saturated carbocycles. The number of H-pyrrole nitrogens is 1. The fraction of sp³-hybridized carbons (Fsp3) is 0.400. The van der Waals surface area contributed by atoms with Crippen LogP contribution in [-0.4, -0.2) is 15.9 Å². The molecule has 24 heavy (non-hydrogen) atoms. The van der Waals surface area contributed by atoms with Gasteiger partial charge in [-0.2, -0.15) is 0 Å². The average Bonchev–Trinajstić information content (AvgIpc) is 3.01. The highest BCUT2D eigenvalue weighted by Gasteiger charge is 2.02. The van der Waals surface area contributed by atoms with Crippen molar-refractivity contribution in [2.24, 2.45) is 0 Å². The van der Waals surface area contributed by atoms with Gasteiger partial charge in [-0.05, 0) is 25.0 Å². The Morgan fingerprint density at radius 1 is 1.17 bits per heavy atom. The van der Waals surface area contributed by atoms with E-state index in [0.29, 0.717) is 6.54 Å². The molecule has 1 amide bonds. The van der Waals surface area contributed by atoms with Crippen molar-refractivity contribution < 1.29 is 4.79 Å². The van der Waals surface area contributed by atoms with Crippen molar-refractivity contribution in [3.05, 3.63) is 54.4 Å². The van der Waals surface area contributed by atoms with Crippen LogP contribution >= 0.6 is 0 Å². The van der Waals surface area contributed by atoms with Gasteiger partial charge in [-0.1, -0.05) is 63.0 Å². The molecule has 4 heteroatoms. The summed E-state index contributed by atoms with van der Waals surface area (Å²) in [4.78, 5) is 19.4. The minimum Gasteiger partial charge on any atom is -0.345 e. The molecular weight excluding hydrogens is 298 g/mol. The van der Waals surface area contributed by atoms with E-state index in [0.717, 1.165) is 23.3 Å². The molecule has 0 aliphatic rings. The molecule has 0 spiro atoms. The minimum absolute atomic E-state index is 0.108. The molecule has 1 aromatic carbocycles. The van der Waals surface area contributed by atoms with E-state index in [1.54, 1.807) is 12.2 Å². The molecule has 1 aromatic heterocycles. The van der Waals surface area contributed by atoms with Gasteiger partial charge in [0.15, 0.2) is 0 Å². The van der Waals surface area contributed by atoms with Crippen molar-refractivity contribution in [2.75, 3.05) is 0 Å². The van der Waals surface area contributed by atoms with Crippen LogP contribution in [0.25, 0.3) is 11.0 Å². The first-order valence-corrected chi connectivity index (χ1v) is 8.84. The lowest BCUT2D eigenvalue weighted by Crippen LogP contribution is -2.20. The predicted octanol–water partition coefficient (Wildman–Crippen LogP) is 4.65. The lowest BCUT2D eigenvalue weighted by Gasteiger charge is -1.97. The number of aromatic nitrogens is 2. The maximum atomic E-state index is 11.8. The van der Waals surface area contributed by atoms with E-state index >= 15 is 0 Å². The van der Waals surface area contributed by atoms with Crippen LogP contribution in [0, 0.1) is 0 Å². The molecule has 0 radical (unpaired) electrons. The van der Waals surface area contributed by atoms with Gasteiger partial charge in [0.05, 0.1) is 17.6 Å². The number of aromatic amines is 1. The number of para-hydroxylation sites is 2. The number of fused-ring (bicyclic) bond motifs is 1. The first kappa shape index (κ1) is 18.0. The third-order valence-corrected chi connectivity index (χ3v) is 3.84. The highest BCUT2D eigenvalue weighted by atomic mass is 16.1. The number of hydrogen-bond donors (Lipinski definition) is 2. The number of allylic oxidation sites excluding steroid dienone is 3. The van der Waals surface area contributed by atoms with Crippen molar-refractivity contribution >= 4 is 16.9 Å².